The Morgan fingerprint density at radius 1 is 1.50 bits per heavy atom. The quantitative estimate of drug-likeness (QED) is 0.568. The van der Waals surface area contributed by atoms with E-state index in [1.165, 1.54) is 0 Å². The van der Waals surface area contributed by atoms with Gasteiger partial charge < -0.3 is 21.9 Å². The van der Waals surface area contributed by atoms with E-state index < -0.39 is 17.9 Å². The molecule has 1 rings (SSSR count). The number of aliphatic carboxylic acids is 1. The highest BCUT2D eigenvalue weighted by atomic mass is 16.4. The van der Waals surface area contributed by atoms with Crippen molar-refractivity contribution >= 4 is 17.6 Å². The zero-order valence-electron chi connectivity index (χ0n) is 10.2. The van der Waals surface area contributed by atoms with Gasteiger partial charge in [-0.3, -0.25) is 14.6 Å². The van der Waals surface area contributed by atoms with Crippen LogP contribution >= 0.6 is 0 Å². The molecule has 1 amide bonds. The molecule has 1 heterocycles. The number of carbonyl (C=O) groups is 2. The van der Waals surface area contributed by atoms with Crippen LogP contribution in [-0.4, -0.2) is 28.5 Å². The van der Waals surface area contributed by atoms with Gasteiger partial charge in [0.15, 0.2) is 0 Å². The minimum Gasteiger partial charge on any atom is -0.480 e. The van der Waals surface area contributed by atoms with Gasteiger partial charge in [0.25, 0.3) is 0 Å². The Morgan fingerprint density at radius 2 is 2.11 bits per heavy atom. The number of amides is 1. The summed E-state index contributed by atoms with van der Waals surface area (Å²) < 4.78 is 0. The molecule has 1 atom stereocenters. The van der Waals surface area contributed by atoms with Gasteiger partial charge in [-0.1, -0.05) is 0 Å². The van der Waals surface area contributed by atoms with Crippen LogP contribution in [0.15, 0.2) is 6.07 Å². The fourth-order valence-corrected chi connectivity index (χ4v) is 1.65. The first kappa shape index (κ1) is 13.9. The fraction of sp³-hybridized carbons (Fsp3) is 0.364. The van der Waals surface area contributed by atoms with Gasteiger partial charge in [0.1, 0.15) is 12.6 Å². The molecule has 18 heavy (non-hydrogen) atoms. The predicted octanol–water partition coefficient (Wildman–Crippen LogP) is -0.320. The van der Waals surface area contributed by atoms with Crippen LogP contribution in [0, 0.1) is 13.8 Å². The molecule has 0 aliphatic heterocycles. The van der Waals surface area contributed by atoms with Crippen LogP contribution in [0.5, 0.6) is 0 Å². The first-order chi connectivity index (χ1) is 8.32. The lowest BCUT2D eigenvalue weighted by molar-refractivity contribution is -0.134. The Morgan fingerprint density at radius 3 is 2.61 bits per heavy atom. The number of carbonyl (C=O) groups excluding carboxylic acids is 1. The molecule has 0 bridgehead atoms. The summed E-state index contributed by atoms with van der Waals surface area (Å²) in [5.41, 5.74) is 13.0. The molecular weight excluding hydrogens is 236 g/mol. The Bertz CT molecular complexity index is 487. The SMILES string of the molecule is Cc1cc(C(N)C(N)=O)c(NCC(=O)O)c(C)n1. The van der Waals surface area contributed by atoms with Crippen LogP contribution in [0.3, 0.4) is 0 Å². The van der Waals surface area contributed by atoms with Gasteiger partial charge in [-0.25, -0.2) is 0 Å². The van der Waals surface area contributed by atoms with E-state index in [0.717, 1.165) is 0 Å². The Balaban J connectivity index is 3.20. The molecule has 98 valence electrons. The molecular formula is C11H16N4O3. The van der Waals surface area contributed by atoms with E-state index in [4.69, 9.17) is 16.6 Å². The van der Waals surface area contributed by atoms with E-state index in [1.54, 1.807) is 19.9 Å². The molecule has 1 aromatic rings. The summed E-state index contributed by atoms with van der Waals surface area (Å²) in [6.45, 7) is 3.17. The Kier molecular flexibility index (Phi) is 4.22. The van der Waals surface area contributed by atoms with Crippen LogP contribution in [0.4, 0.5) is 5.69 Å². The highest BCUT2D eigenvalue weighted by molar-refractivity contribution is 5.84. The predicted molar refractivity (Wildman–Crippen MR) is 66.0 cm³/mol. The smallest absolute Gasteiger partial charge is 0.322 e. The lowest BCUT2D eigenvalue weighted by Gasteiger charge is -2.17. The van der Waals surface area contributed by atoms with Gasteiger partial charge in [0.2, 0.25) is 5.91 Å². The molecule has 0 fully saturated rings. The second-order valence-electron chi connectivity index (χ2n) is 3.94. The first-order valence-electron chi connectivity index (χ1n) is 5.31. The third-order valence-corrected chi connectivity index (χ3v) is 2.42. The maximum atomic E-state index is 11.1. The van der Waals surface area contributed by atoms with Crippen LogP contribution in [0.25, 0.3) is 0 Å². The second-order valence-corrected chi connectivity index (χ2v) is 3.94. The van der Waals surface area contributed by atoms with Gasteiger partial charge in [-0.05, 0) is 19.9 Å². The lowest BCUT2D eigenvalue weighted by Crippen LogP contribution is -2.30. The zero-order valence-corrected chi connectivity index (χ0v) is 10.2. The maximum absolute atomic E-state index is 11.1. The standard InChI is InChI=1S/C11H16N4O3/c1-5-3-7(9(12)11(13)18)10(6(2)15-5)14-4-8(16)17/h3,9,14H,4,12H2,1-2H3,(H2,13,18)(H,16,17). The number of carboxylic acids is 1. The number of carboxylic acid groups (broad SMARTS) is 1. The highest BCUT2D eigenvalue weighted by Crippen LogP contribution is 2.25. The topological polar surface area (TPSA) is 131 Å². The van der Waals surface area contributed by atoms with Crippen LogP contribution in [0.1, 0.15) is 23.0 Å². The zero-order chi connectivity index (χ0) is 13.9. The first-order valence-corrected chi connectivity index (χ1v) is 5.31. The molecule has 6 N–H and O–H groups in total. The third kappa shape index (κ3) is 3.17. The van der Waals surface area contributed by atoms with E-state index in [2.05, 4.69) is 10.3 Å². The summed E-state index contributed by atoms with van der Waals surface area (Å²) in [6, 6.07) is 0.619. The van der Waals surface area contributed by atoms with Crippen LogP contribution < -0.4 is 16.8 Å². The van der Waals surface area contributed by atoms with Crippen molar-refractivity contribution in [2.75, 3.05) is 11.9 Å². The van der Waals surface area contributed by atoms with Crippen molar-refractivity contribution in [2.24, 2.45) is 11.5 Å². The molecule has 0 radical (unpaired) electrons. The van der Waals surface area contributed by atoms with Gasteiger partial charge in [0, 0.05) is 11.3 Å². The summed E-state index contributed by atoms with van der Waals surface area (Å²) >= 11 is 0. The summed E-state index contributed by atoms with van der Waals surface area (Å²) in [5, 5.41) is 11.3. The summed E-state index contributed by atoms with van der Waals surface area (Å²) in [6.07, 6.45) is 0. The molecule has 7 heteroatoms. The molecule has 0 saturated carbocycles. The van der Waals surface area contributed by atoms with E-state index in [0.29, 0.717) is 22.6 Å². The number of aromatic nitrogens is 1. The molecule has 0 aliphatic carbocycles. The number of primary amides is 1. The molecule has 0 spiro atoms. The number of rotatable bonds is 5. The minimum atomic E-state index is -1.02. The van der Waals surface area contributed by atoms with Crippen molar-refractivity contribution < 1.29 is 14.7 Å². The average molecular weight is 252 g/mol. The second kappa shape index (κ2) is 5.46. The van der Waals surface area contributed by atoms with E-state index in [9.17, 15) is 9.59 Å². The third-order valence-electron chi connectivity index (χ3n) is 2.42. The summed E-state index contributed by atoms with van der Waals surface area (Å²) in [5.74, 6) is -1.70. The summed E-state index contributed by atoms with van der Waals surface area (Å²) in [7, 11) is 0. The van der Waals surface area contributed by atoms with Crippen molar-refractivity contribution in [1.29, 1.82) is 0 Å². The molecule has 1 unspecified atom stereocenters. The number of hydrogen-bond acceptors (Lipinski definition) is 5. The van der Waals surface area contributed by atoms with E-state index in [1.807, 2.05) is 0 Å². The van der Waals surface area contributed by atoms with Crippen molar-refractivity contribution in [3.8, 4) is 0 Å². The number of pyridine rings is 1. The van der Waals surface area contributed by atoms with E-state index in [-0.39, 0.29) is 6.54 Å². The number of nitrogens with zero attached hydrogens (tertiary/aromatic N) is 1. The Hall–Kier alpha value is -2.15. The monoisotopic (exact) mass is 252 g/mol. The van der Waals surface area contributed by atoms with Crippen LogP contribution in [-0.2, 0) is 9.59 Å². The van der Waals surface area contributed by atoms with Crippen molar-refractivity contribution in [3.63, 3.8) is 0 Å². The van der Waals surface area contributed by atoms with Crippen LogP contribution in [0.2, 0.25) is 0 Å². The maximum Gasteiger partial charge on any atom is 0.322 e. The average Bonchev–Trinajstić information content (AvgIpc) is 2.25. The molecule has 0 saturated heterocycles. The van der Waals surface area contributed by atoms with Crippen molar-refractivity contribution in [2.45, 2.75) is 19.9 Å². The normalized spacial score (nSPS) is 11.9. The van der Waals surface area contributed by atoms with Gasteiger partial charge >= 0.3 is 5.97 Å². The number of nitrogens with one attached hydrogen (secondary N) is 1. The van der Waals surface area contributed by atoms with Crippen molar-refractivity contribution in [1.82, 2.24) is 4.98 Å². The minimum absolute atomic E-state index is 0.288. The number of hydrogen-bond donors (Lipinski definition) is 4. The molecule has 1 aromatic heterocycles. The van der Waals surface area contributed by atoms with Gasteiger partial charge in [-0.2, -0.15) is 0 Å². The number of anilines is 1. The van der Waals surface area contributed by atoms with Gasteiger partial charge in [-0.15, -0.1) is 0 Å². The molecule has 0 aromatic carbocycles. The molecule has 7 nitrogen and oxygen atoms in total. The lowest BCUT2D eigenvalue weighted by atomic mass is 10.0. The fourth-order valence-electron chi connectivity index (χ4n) is 1.65. The van der Waals surface area contributed by atoms with Gasteiger partial charge in [0.05, 0.1) is 11.4 Å². The summed E-state index contributed by atoms with van der Waals surface area (Å²) in [4.78, 5) is 25.9. The van der Waals surface area contributed by atoms with E-state index >= 15 is 0 Å². The number of aryl methyl sites for hydroxylation is 2. The highest BCUT2D eigenvalue weighted by Gasteiger charge is 2.19. The largest absolute Gasteiger partial charge is 0.480 e. The van der Waals surface area contributed by atoms with Crippen molar-refractivity contribution in [3.05, 3.63) is 23.0 Å². The Labute approximate surface area is 104 Å². The number of nitrogens with two attached hydrogens (primary N) is 2. The molecule has 0 aliphatic rings.